The average molecular weight is 229 g/mol. The van der Waals surface area contributed by atoms with E-state index in [9.17, 15) is 4.79 Å². The van der Waals surface area contributed by atoms with Gasteiger partial charge in [-0.15, -0.1) is 0 Å². The van der Waals surface area contributed by atoms with Crippen LogP contribution in [0, 0.1) is 6.92 Å². The molecule has 0 saturated heterocycles. The SMILES string of the molecule is Cc1nc2nc(Br)[nH]c2c(=O)[nH]1. The Balaban J connectivity index is 2.98. The van der Waals surface area contributed by atoms with Crippen molar-refractivity contribution in [1.29, 1.82) is 0 Å². The number of H-pyrrole nitrogens is 2. The van der Waals surface area contributed by atoms with Gasteiger partial charge >= 0.3 is 0 Å². The van der Waals surface area contributed by atoms with Gasteiger partial charge in [-0.05, 0) is 22.9 Å². The van der Waals surface area contributed by atoms with Crippen molar-refractivity contribution in [1.82, 2.24) is 19.9 Å². The maximum Gasteiger partial charge on any atom is 0.276 e. The van der Waals surface area contributed by atoms with Crippen LogP contribution in [0.3, 0.4) is 0 Å². The van der Waals surface area contributed by atoms with Crippen molar-refractivity contribution >= 4 is 27.1 Å². The number of fused-ring (bicyclic) bond motifs is 1. The van der Waals surface area contributed by atoms with Gasteiger partial charge in [0, 0.05) is 0 Å². The lowest BCUT2D eigenvalue weighted by Crippen LogP contribution is -2.09. The van der Waals surface area contributed by atoms with Gasteiger partial charge in [-0.1, -0.05) is 0 Å². The van der Waals surface area contributed by atoms with E-state index in [0.717, 1.165) is 0 Å². The zero-order valence-electron chi connectivity index (χ0n) is 6.18. The van der Waals surface area contributed by atoms with Crippen LogP contribution in [-0.4, -0.2) is 19.9 Å². The minimum absolute atomic E-state index is 0.198. The Hall–Kier alpha value is -1.17. The van der Waals surface area contributed by atoms with Gasteiger partial charge in [-0.2, -0.15) is 0 Å². The molecule has 5 nitrogen and oxygen atoms in total. The monoisotopic (exact) mass is 228 g/mol. The van der Waals surface area contributed by atoms with Crippen molar-refractivity contribution in [3.63, 3.8) is 0 Å². The van der Waals surface area contributed by atoms with Crippen LogP contribution in [0.5, 0.6) is 0 Å². The summed E-state index contributed by atoms with van der Waals surface area (Å²) in [4.78, 5) is 24.5. The molecule has 2 aromatic heterocycles. The number of aromatic nitrogens is 4. The van der Waals surface area contributed by atoms with E-state index in [1.165, 1.54) is 0 Å². The number of halogens is 1. The molecule has 6 heteroatoms. The topological polar surface area (TPSA) is 74.4 Å². The summed E-state index contributed by atoms with van der Waals surface area (Å²) < 4.78 is 0.515. The molecule has 0 spiro atoms. The summed E-state index contributed by atoms with van der Waals surface area (Å²) in [5, 5.41) is 0. The zero-order chi connectivity index (χ0) is 8.72. The van der Waals surface area contributed by atoms with Crippen molar-refractivity contribution in [3.8, 4) is 0 Å². The van der Waals surface area contributed by atoms with Crippen LogP contribution in [0.4, 0.5) is 0 Å². The van der Waals surface area contributed by atoms with Gasteiger partial charge in [-0.25, -0.2) is 9.97 Å². The molecule has 0 aliphatic heterocycles. The van der Waals surface area contributed by atoms with E-state index < -0.39 is 0 Å². The molecule has 0 atom stereocenters. The van der Waals surface area contributed by atoms with E-state index >= 15 is 0 Å². The molecule has 0 fully saturated rings. The smallest absolute Gasteiger partial charge is 0.276 e. The van der Waals surface area contributed by atoms with E-state index in [4.69, 9.17) is 0 Å². The maximum absolute atomic E-state index is 11.2. The van der Waals surface area contributed by atoms with Gasteiger partial charge in [0.15, 0.2) is 15.9 Å². The number of hydrogen-bond acceptors (Lipinski definition) is 3. The van der Waals surface area contributed by atoms with E-state index in [-0.39, 0.29) is 5.56 Å². The molecule has 0 unspecified atom stereocenters. The fraction of sp³-hybridized carbons (Fsp3) is 0.167. The summed E-state index contributed by atoms with van der Waals surface area (Å²) in [6.45, 7) is 1.71. The molecule has 0 amide bonds. The molecule has 2 heterocycles. The Bertz CT molecular complexity index is 486. The van der Waals surface area contributed by atoms with Crippen molar-refractivity contribution in [2.45, 2.75) is 6.92 Å². The second-order valence-electron chi connectivity index (χ2n) is 2.38. The fourth-order valence-electron chi connectivity index (χ4n) is 0.989. The van der Waals surface area contributed by atoms with E-state index in [0.29, 0.717) is 21.7 Å². The van der Waals surface area contributed by atoms with Crippen molar-refractivity contribution in [2.24, 2.45) is 0 Å². The minimum Gasteiger partial charge on any atom is -0.327 e. The highest BCUT2D eigenvalue weighted by Crippen LogP contribution is 2.08. The zero-order valence-corrected chi connectivity index (χ0v) is 7.77. The lowest BCUT2D eigenvalue weighted by atomic mass is 10.5. The molecule has 2 aromatic rings. The first-order valence-corrected chi connectivity index (χ1v) is 4.08. The summed E-state index contributed by atoms with van der Waals surface area (Å²) in [7, 11) is 0. The normalized spacial score (nSPS) is 10.8. The molecule has 12 heavy (non-hydrogen) atoms. The Morgan fingerprint density at radius 1 is 1.33 bits per heavy atom. The first-order valence-electron chi connectivity index (χ1n) is 3.29. The first-order chi connectivity index (χ1) is 5.66. The number of aromatic amines is 2. The number of rotatable bonds is 0. The van der Waals surface area contributed by atoms with Crippen LogP contribution >= 0.6 is 15.9 Å². The minimum atomic E-state index is -0.198. The summed E-state index contributed by atoms with van der Waals surface area (Å²) in [6, 6.07) is 0. The Morgan fingerprint density at radius 3 is 2.83 bits per heavy atom. The van der Waals surface area contributed by atoms with Crippen LogP contribution in [0.25, 0.3) is 11.2 Å². The van der Waals surface area contributed by atoms with Gasteiger partial charge in [0.25, 0.3) is 5.56 Å². The Kier molecular flexibility index (Phi) is 1.50. The largest absolute Gasteiger partial charge is 0.327 e. The van der Waals surface area contributed by atoms with Gasteiger partial charge in [0.2, 0.25) is 0 Å². The average Bonchev–Trinajstić information content (AvgIpc) is 2.29. The predicted molar refractivity (Wildman–Crippen MR) is 46.9 cm³/mol. The van der Waals surface area contributed by atoms with Crippen molar-refractivity contribution in [3.05, 3.63) is 20.9 Å². The van der Waals surface area contributed by atoms with Gasteiger partial charge < -0.3 is 9.97 Å². The lowest BCUT2D eigenvalue weighted by molar-refractivity contribution is 1.05. The van der Waals surface area contributed by atoms with E-state index in [1.807, 2.05) is 0 Å². The molecule has 0 aliphatic carbocycles. The summed E-state index contributed by atoms with van der Waals surface area (Å²) in [6.07, 6.45) is 0. The van der Waals surface area contributed by atoms with Crippen LogP contribution < -0.4 is 5.56 Å². The summed E-state index contributed by atoms with van der Waals surface area (Å²) in [5.74, 6) is 0.562. The third-order valence-corrected chi connectivity index (χ3v) is 1.83. The van der Waals surface area contributed by atoms with Gasteiger partial charge in [0.05, 0.1) is 0 Å². The molecule has 0 bridgehead atoms. The molecule has 0 radical (unpaired) electrons. The van der Waals surface area contributed by atoms with Crippen molar-refractivity contribution < 1.29 is 0 Å². The quantitative estimate of drug-likeness (QED) is 0.653. The molecule has 0 aliphatic rings. The van der Waals surface area contributed by atoms with Gasteiger partial charge in [0.1, 0.15) is 5.82 Å². The van der Waals surface area contributed by atoms with Crippen LogP contribution in [0.15, 0.2) is 9.53 Å². The molecule has 2 rings (SSSR count). The van der Waals surface area contributed by atoms with Crippen molar-refractivity contribution in [2.75, 3.05) is 0 Å². The van der Waals surface area contributed by atoms with Crippen LogP contribution in [-0.2, 0) is 0 Å². The predicted octanol–water partition coefficient (Wildman–Crippen LogP) is 0.717. The number of nitrogens with zero attached hydrogens (tertiary/aromatic N) is 2. The lowest BCUT2D eigenvalue weighted by Gasteiger charge is -1.89. The summed E-state index contributed by atoms with van der Waals surface area (Å²) in [5.41, 5.74) is 0.631. The third-order valence-electron chi connectivity index (χ3n) is 1.45. The Labute approximate surface area is 75.4 Å². The molecule has 62 valence electrons. The van der Waals surface area contributed by atoms with Crippen LogP contribution in [0.2, 0.25) is 0 Å². The molecule has 0 aromatic carbocycles. The number of aryl methyl sites for hydroxylation is 1. The number of nitrogens with one attached hydrogen (secondary N) is 2. The standard InChI is InChI=1S/C6H5BrN4O/c1-2-8-4-3(5(12)9-2)10-6(7)11-4/h1H3,(H2,8,9,10,11,12). The van der Waals surface area contributed by atoms with E-state index in [1.54, 1.807) is 6.92 Å². The second kappa shape index (κ2) is 2.41. The van der Waals surface area contributed by atoms with E-state index in [2.05, 4.69) is 35.9 Å². The highest BCUT2D eigenvalue weighted by atomic mass is 79.9. The third kappa shape index (κ3) is 1.04. The highest BCUT2D eigenvalue weighted by Gasteiger charge is 2.05. The highest BCUT2D eigenvalue weighted by molar-refractivity contribution is 9.10. The number of imidazole rings is 1. The van der Waals surface area contributed by atoms with Crippen LogP contribution in [0.1, 0.15) is 5.82 Å². The second-order valence-corrected chi connectivity index (χ2v) is 3.13. The Morgan fingerprint density at radius 2 is 2.08 bits per heavy atom. The maximum atomic E-state index is 11.2. The molecule has 0 saturated carbocycles. The summed E-state index contributed by atoms with van der Waals surface area (Å²) >= 11 is 3.12. The fourth-order valence-corrected chi connectivity index (χ4v) is 1.35. The van der Waals surface area contributed by atoms with Gasteiger partial charge in [-0.3, -0.25) is 4.79 Å². The number of hydrogen-bond donors (Lipinski definition) is 2. The molecular weight excluding hydrogens is 224 g/mol. The molecular formula is C6H5BrN4O. The molecule has 2 N–H and O–H groups in total. The first kappa shape index (κ1) is 7.48.